The van der Waals surface area contributed by atoms with Gasteiger partial charge in [0.25, 0.3) is 0 Å². The predicted octanol–water partition coefficient (Wildman–Crippen LogP) is 1.30. The summed E-state index contributed by atoms with van der Waals surface area (Å²) in [6.45, 7) is 10.1. The number of nitrogens with two attached hydrogens (primary N) is 1. The minimum absolute atomic E-state index is 0.108. The van der Waals surface area contributed by atoms with E-state index in [1.807, 2.05) is 34.6 Å². The molecule has 0 aromatic carbocycles. The number of carbonyl (C=O) groups is 2. The molecule has 0 aliphatic rings. The van der Waals surface area contributed by atoms with Crippen molar-refractivity contribution in [2.75, 3.05) is 13.1 Å². The highest BCUT2D eigenvalue weighted by Gasteiger charge is 2.21. The maximum atomic E-state index is 11.9. The van der Waals surface area contributed by atoms with Gasteiger partial charge in [-0.2, -0.15) is 0 Å². The maximum Gasteiger partial charge on any atom is 0.308 e. The predicted molar refractivity (Wildman–Crippen MR) is 71.0 cm³/mol. The van der Waals surface area contributed by atoms with Gasteiger partial charge in [0.15, 0.2) is 0 Å². The monoisotopic (exact) mass is 258 g/mol. The van der Waals surface area contributed by atoms with Crippen LogP contribution in [0, 0.1) is 0 Å². The van der Waals surface area contributed by atoms with Crippen molar-refractivity contribution >= 4 is 11.9 Å². The molecule has 18 heavy (non-hydrogen) atoms. The molecule has 0 aromatic heterocycles. The topological polar surface area (TPSA) is 72.6 Å². The zero-order valence-corrected chi connectivity index (χ0v) is 12.2. The smallest absolute Gasteiger partial charge is 0.308 e. The van der Waals surface area contributed by atoms with E-state index in [1.165, 1.54) is 0 Å². The molecular weight excluding hydrogens is 232 g/mol. The van der Waals surface area contributed by atoms with Crippen molar-refractivity contribution in [1.29, 1.82) is 0 Å². The van der Waals surface area contributed by atoms with Crippen molar-refractivity contribution in [3.8, 4) is 0 Å². The SMILES string of the molecule is CC[C@H](N)C(=O)N(CC)CCC(=O)OC(C)(C)C. The summed E-state index contributed by atoms with van der Waals surface area (Å²) in [5.74, 6) is -0.401. The summed E-state index contributed by atoms with van der Waals surface area (Å²) in [4.78, 5) is 25.0. The van der Waals surface area contributed by atoms with Crippen LogP contribution in [0.1, 0.15) is 47.5 Å². The highest BCUT2D eigenvalue weighted by molar-refractivity contribution is 5.82. The number of carbonyl (C=O) groups excluding carboxylic acids is 2. The first-order valence-corrected chi connectivity index (χ1v) is 6.47. The van der Waals surface area contributed by atoms with Crippen LogP contribution in [0.2, 0.25) is 0 Å². The van der Waals surface area contributed by atoms with Crippen molar-refractivity contribution in [2.24, 2.45) is 5.73 Å². The van der Waals surface area contributed by atoms with Crippen LogP contribution < -0.4 is 5.73 Å². The third-order valence-electron chi connectivity index (χ3n) is 2.46. The fourth-order valence-electron chi connectivity index (χ4n) is 1.45. The molecule has 0 spiro atoms. The fraction of sp³-hybridized carbons (Fsp3) is 0.846. The van der Waals surface area contributed by atoms with Gasteiger partial charge in [-0.05, 0) is 34.1 Å². The maximum absolute atomic E-state index is 11.9. The highest BCUT2D eigenvalue weighted by Crippen LogP contribution is 2.09. The Kier molecular flexibility index (Phi) is 6.91. The van der Waals surface area contributed by atoms with Crippen molar-refractivity contribution in [3.05, 3.63) is 0 Å². The Balaban J connectivity index is 4.24. The first-order chi connectivity index (χ1) is 8.21. The molecular formula is C13H26N2O3. The lowest BCUT2D eigenvalue weighted by Crippen LogP contribution is -2.44. The van der Waals surface area contributed by atoms with Crippen LogP contribution >= 0.6 is 0 Å². The standard InChI is InChI=1S/C13H26N2O3/c1-6-10(14)12(17)15(7-2)9-8-11(16)18-13(3,4)5/h10H,6-9,14H2,1-5H3/t10-/m0/s1. The largest absolute Gasteiger partial charge is 0.460 e. The normalized spacial score (nSPS) is 13.0. The molecule has 2 N–H and O–H groups in total. The average molecular weight is 258 g/mol. The molecule has 106 valence electrons. The van der Waals surface area contributed by atoms with E-state index in [9.17, 15) is 9.59 Å². The molecule has 0 heterocycles. The molecule has 0 aliphatic carbocycles. The third kappa shape index (κ3) is 6.59. The molecule has 0 saturated heterocycles. The van der Waals surface area contributed by atoms with Gasteiger partial charge in [0.2, 0.25) is 5.91 Å². The van der Waals surface area contributed by atoms with Crippen LogP contribution in [0.15, 0.2) is 0 Å². The van der Waals surface area contributed by atoms with E-state index in [0.717, 1.165) is 0 Å². The summed E-state index contributed by atoms with van der Waals surface area (Å²) < 4.78 is 5.19. The molecule has 1 amide bonds. The molecule has 5 nitrogen and oxygen atoms in total. The first kappa shape index (κ1) is 16.9. The minimum Gasteiger partial charge on any atom is -0.460 e. The van der Waals surface area contributed by atoms with Crippen LogP contribution in [-0.2, 0) is 14.3 Å². The van der Waals surface area contributed by atoms with E-state index in [4.69, 9.17) is 10.5 Å². The quantitative estimate of drug-likeness (QED) is 0.729. The van der Waals surface area contributed by atoms with Crippen LogP contribution in [0.25, 0.3) is 0 Å². The number of likely N-dealkylation sites (N-methyl/N-ethyl adjacent to an activating group) is 1. The van der Waals surface area contributed by atoms with Crippen molar-refractivity contribution in [3.63, 3.8) is 0 Å². The average Bonchev–Trinajstić information content (AvgIpc) is 2.26. The molecule has 0 radical (unpaired) electrons. The lowest BCUT2D eigenvalue weighted by atomic mass is 10.2. The molecule has 0 saturated carbocycles. The lowest BCUT2D eigenvalue weighted by molar-refractivity contribution is -0.155. The number of nitrogens with zero attached hydrogens (tertiary/aromatic N) is 1. The number of ether oxygens (including phenoxy) is 1. The summed E-state index contributed by atoms with van der Waals surface area (Å²) >= 11 is 0. The number of amides is 1. The fourth-order valence-corrected chi connectivity index (χ4v) is 1.45. The summed E-state index contributed by atoms with van der Waals surface area (Å²) in [7, 11) is 0. The summed E-state index contributed by atoms with van der Waals surface area (Å²) in [5, 5.41) is 0. The number of hydrogen-bond acceptors (Lipinski definition) is 4. The first-order valence-electron chi connectivity index (χ1n) is 6.47. The molecule has 0 rings (SSSR count). The van der Waals surface area contributed by atoms with Crippen molar-refractivity contribution in [2.45, 2.75) is 59.1 Å². The Morgan fingerprint density at radius 2 is 1.83 bits per heavy atom. The second-order valence-electron chi connectivity index (χ2n) is 5.27. The Bertz CT molecular complexity index is 284. The zero-order chi connectivity index (χ0) is 14.3. The van der Waals surface area contributed by atoms with Gasteiger partial charge in [0, 0.05) is 13.1 Å². The third-order valence-corrected chi connectivity index (χ3v) is 2.46. The molecule has 0 aromatic rings. The second kappa shape index (κ2) is 7.36. The minimum atomic E-state index is -0.488. The van der Waals surface area contributed by atoms with E-state index in [-0.39, 0.29) is 18.3 Å². The van der Waals surface area contributed by atoms with Gasteiger partial charge in [-0.15, -0.1) is 0 Å². The summed E-state index contributed by atoms with van der Waals surface area (Å²) in [6, 6.07) is -0.483. The van der Waals surface area contributed by atoms with E-state index in [1.54, 1.807) is 4.90 Å². The van der Waals surface area contributed by atoms with Gasteiger partial charge in [0.05, 0.1) is 12.5 Å². The summed E-state index contributed by atoms with van der Waals surface area (Å²) in [6.07, 6.45) is 0.801. The van der Waals surface area contributed by atoms with E-state index < -0.39 is 11.6 Å². The van der Waals surface area contributed by atoms with Crippen molar-refractivity contribution in [1.82, 2.24) is 4.90 Å². The van der Waals surface area contributed by atoms with Gasteiger partial charge < -0.3 is 15.4 Å². The van der Waals surface area contributed by atoms with Gasteiger partial charge in [-0.1, -0.05) is 6.92 Å². The van der Waals surface area contributed by atoms with Crippen LogP contribution in [0.3, 0.4) is 0 Å². The molecule has 0 bridgehead atoms. The Morgan fingerprint density at radius 1 is 1.28 bits per heavy atom. The van der Waals surface area contributed by atoms with E-state index in [0.29, 0.717) is 19.5 Å². The summed E-state index contributed by atoms with van der Waals surface area (Å²) in [5.41, 5.74) is 5.21. The molecule has 0 aliphatic heterocycles. The van der Waals surface area contributed by atoms with Crippen LogP contribution in [-0.4, -0.2) is 41.5 Å². The number of rotatable bonds is 6. The second-order valence-corrected chi connectivity index (χ2v) is 5.27. The molecule has 0 fully saturated rings. The Morgan fingerprint density at radius 3 is 2.22 bits per heavy atom. The zero-order valence-electron chi connectivity index (χ0n) is 12.2. The van der Waals surface area contributed by atoms with Gasteiger partial charge in [0.1, 0.15) is 5.60 Å². The number of hydrogen-bond donors (Lipinski definition) is 1. The van der Waals surface area contributed by atoms with E-state index >= 15 is 0 Å². The van der Waals surface area contributed by atoms with Crippen LogP contribution in [0.5, 0.6) is 0 Å². The van der Waals surface area contributed by atoms with Crippen LogP contribution in [0.4, 0.5) is 0 Å². The Labute approximate surface area is 110 Å². The van der Waals surface area contributed by atoms with Gasteiger partial charge in [-0.3, -0.25) is 9.59 Å². The van der Waals surface area contributed by atoms with E-state index in [2.05, 4.69) is 0 Å². The van der Waals surface area contributed by atoms with Gasteiger partial charge in [-0.25, -0.2) is 0 Å². The van der Waals surface area contributed by atoms with Gasteiger partial charge >= 0.3 is 5.97 Å². The lowest BCUT2D eigenvalue weighted by Gasteiger charge is -2.25. The Hall–Kier alpha value is -1.10. The highest BCUT2D eigenvalue weighted by atomic mass is 16.6. The molecule has 1 atom stereocenters. The number of esters is 1. The molecule has 5 heteroatoms. The van der Waals surface area contributed by atoms with Crippen molar-refractivity contribution < 1.29 is 14.3 Å². The molecule has 0 unspecified atom stereocenters.